The van der Waals surface area contributed by atoms with E-state index in [-0.39, 0.29) is 5.91 Å². The van der Waals surface area contributed by atoms with E-state index in [0.717, 1.165) is 14.6 Å². The molecule has 1 aromatic heterocycles. The van der Waals surface area contributed by atoms with Crippen molar-refractivity contribution in [3.05, 3.63) is 56.5 Å². The Balaban J connectivity index is 2.07. The lowest BCUT2D eigenvalue weighted by Gasteiger charge is -2.07. The Morgan fingerprint density at radius 1 is 1.32 bits per heavy atom. The summed E-state index contributed by atoms with van der Waals surface area (Å²) in [6.07, 6.45) is 1.68. The number of nitrogens with zero attached hydrogens (tertiary/aromatic N) is 2. The van der Waals surface area contributed by atoms with Crippen molar-refractivity contribution in [3.8, 4) is 0 Å². The van der Waals surface area contributed by atoms with Gasteiger partial charge in [-0.05, 0) is 47.1 Å². The second kappa shape index (κ2) is 6.25. The van der Waals surface area contributed by atoms with Crippen molar-refractivity contribution in [2.24, 2.45) is 0 Å². The largest absolute Gasteiger partial charge is 0.346 e. The summed E-state index contributed by atoms with van der Waals surface area (Å²) in [5.74, 6) is 0.542. The van der Waals surface area contributed by atoms with Crippen molar-refractivity contribution in [2.45, 2.75) is 13.5 Å². The van der Waals surface area contributed by atoms with Gasteiger partial charge in [0.2, 0.25) is 0 Å². The van der Waals surface area contributed by atoms with E-state index in [4.69, 9.17) is 0 Å². The van der Waals surface area contributed by atoms with Gasteiger partial charge in [0.05, 0.1) is 17.8 Å². The summed E-state index contributed by atoms with van der Waals surface area (Å²) in [7, 11) is 0. The van der Waals surface area contributed by atoms with Crippen LogP contribution in [0.1, 0.15) is 21.9 Å². The Hall–Kier alpha value is -1.27. The first-order chi connectivity index (χ1) is 9.06. The maximum atomic E-state index is 12.1. The van der Waals surface area contributed by atoms with Crippen molar-refractivity contribution in [2.75, 3.05) is 0 Å². The van der Waals surface area contributed by atoms with Crippen LogP contribution in [0.5, 0.6) is 0 Å². The summed E-state index contributed by atoms with van der Waals surface area (Å²) in [5.41, 5.74) is 1.37. The Morgan fingerprint density at radius 3 is 2.84 bits per heavy atom. The van der Waals surface area contributed by atoms with Crippen LogP contribution in [0.15, 0.2) is 39.4 Å². The molecule has 0 aliphatic rings. The Morgan fingerprint density at radius 2 is 2.11 bits per heavy atom. The number of hydrogen-bond acceptors (Lipinski definition) is 3. The van der Waals surface area contributed by atoms with Crippen LogP contribution in [0, 0.1) is 6.92 Å². The minimum Gasteiger partial charge on any atom is -0.346 e. The Bertz CT molecular complexity index is 617. The minimum atomic E-state index is -0.149. The number of aryl methyl sites for hydroxylation is 1. The number of carbonyl (C=O) groups is 1. The van der Waals surface area contributed by atoms with Gasteiger partial charge in [0.1, 0.15) is 5.82 Å². The van der Waals surface area contributed by atoms with E-state index in [1.165, 1.54) is 0 Å². The fourth-order valence-corrected chi connectivity index (χ4v) is 2.33. The zero-order valence-electron chi connectivity index (χ0n) is 10.2. The second-order valence-electron chi connectivity index (χ2n) is 3.90. The first kappa shape index (κ1) is 14.1. The first-order valence-electron chi connectivity index (χ1n) is 5.58. The number of carbonyl (C=O) groups excluding carboxylic acids is 1. The number of halogens is 2. The molecule has 0 radical (unpaired) electrons. The van der Waals surface area contributed by atoms with Crippen LogP contribution in [0.25, 0.3) is 0 Å². The average molecular weight is 385 g/mol. The van der Waals surface area contributed by atoms with E-state index in [9.17, 15) is 4.79 Å². The molecule has 19 heavy (non-hydrogen) atoms. The van der Waals surface area contributed by atoms with Crippen LogP contribution in [0.2, 0.25) is 0 Å². The molecular weight excluding hydrogens is 374 g/mol. The van der Waals surface area contributed by atoms with Gasteiger partial charge in [-0.3, -0.25) is 4.79 Å². The molecule has 0 atom stereocenters. The van der Waals surface area contributed by atoms with Gasteiger partial charge < -0.3 is 5.32 Å². The maximum absolute atomic E-state index is 12.1. The predicted octanol–water partition coefficient (Wildman–Crippen LogP) is 3.24. The highest BCUT2D eigenvalue weighted by Crippen LogP contribution is 2.21. The molecule has 0 fully saturated rings. The lowest BCUT2D eigenvalue weighted by atomic mass is 10.2. The number of benzene rings is 1. The Labute approximate surface area is 127 Å². The van der Waals surface area contributed by atoms with Crippen LogP contribution in [0.3, 0.4) is 0 Å². The van der Waals surface area contributed by atoms with E-state index in [2.05, 4.69) is 47.1 Å². The third-order valence-corrected chi connectivity index (χ3v) is 3.62. The molecule has 98 valence electrons. The van der Waals surface area contributed by atoms with Gasteiger partial charge in [0.15, 0.2) is 0 Å². The van der Waals surface area contributed by atoms with E-state index in [1.807, 2.05) is 19.1 Å². The van der Waals surface area contributed by atoms with Gasteiger partial charge in [-0.25, -0.2) is 9.97 Å². The first-order valence-corrected chi connectivity index (χ1v) is 7.16. The van der Waals surface area contributed by atoms with Crippen molar-refractivity contribution in [3.63, 3.8) is 0 Å². The predicted molar refractivity (Wildman–Crippen MR) is 79.8 cm³/mol. The molecule has 2 rings (SSSR count). The molecule has 4 nitrogen and oxygen atoms in total. The molecule has 1 heterocycles. The maximum Gasteiger partial charge on any atom is 0.252 e. The number of rotatable bonds is 3. The molecule has 0 aliphatic carbocycles. The summed E-state index contributed by atoms with van der Waals surface area (Å²) >= 11 is 6.71. The summed E-state index contributed by atoms with van der Waals surface area (Å²) in [4.78, 5) is 20.3. The van der Waals surface area contributed by atoms with Crippen LogP contribution < -0.4 is 5.32 Å². The number of amides is 1. The van der Waals surface area contributed by atoms with Gasteiger partial charge in [-0.1, -0.05) is 15.9 Å². The average Bonchev–Trinajstić information content (AvgIpc) is 2.39. The summed E-state index contributed by atoms with van der Waals surface area (Å²) < 4.78 is 1.62. The summed E-state index contributed by atoms with van der Waals surface area (Å²) in [5, 5.41) is 2.83. The monoisotopic (exact) mass is 383 g/mol. The standard InChI is InChI=1S/C13H11Br2N3O/c1-8-16-5-4-10(18-8)7-17-13(19)11-6-9(14)2-3-12(11)15/h2-6H,7H2,1H3,(H,17,19). The molecule has 1 amide bonds. The number of nitrogens with one attached hydrogen (secondary N) is 1. The highest BCUT2D eigenvalue weighted by atomic mass is 79.9. The smallest absolute Gasteiger partial charge is 0.252 e. The molecule has 0 spiro atoms. The lowest BCUT2D eigenvalue weighted by Crippen LogP contribution is -2.23. The fourth-order valence-electron chi connectivity index (χ4n) is 1.54. The fraction of sp³-hybridized carbons (Fsp3) is 0.154. The number of aromatic nitrogens is 2. The van der Waals surface area contributed by atoms with Crippen molar-refractivity contribution in [1.29, 1.82) is 0 Å². The Kier molecular flexibility index (Phi) is 4.66. The molecule has 0 saturated heterocycles. The SMILES string of the molecule is Cc1nccc(CNC(=O)c2cc(Br)ccc2Br)n1. The molecule has 0 unspecified atom stereocenters. The molecular formula is C13H11Br2N3O. The summed E-state index contributed by atoms with van der Waals surface area (Å²) in [6, 6.07) is 7.25. The highest BCUT2D eigenvalue weighted by Gasteiger charge is 2.10. The van der Waals surface area contributed by atoms with E-state index < -0.39 is 0 Å². The molecule has 1 N–H and O–H groups in total. The van der Waals surface area contributed by atoms with Gasteiger partial charge in [0.25, 0.3) is 5.91 Å². The molecule has 6 heteroatoms. The number of hydrogen-bond donors (Lipinski definition) is 1. The molecule has 0 bridgehead atoms. The minimum absolute atomic E-state index is 0.149. The van der Waals surface area contributed by atoms with Crippen LogP contribution in [-0.2, 0) is 6.54 Å². The molecule has 0 saturated carbocycles. The van der Waals surface area contributed by atoms with E-state index in [1.54, 1.807) is 18.3 Å². The molecule has 1 aromatic carbocycles. The zero-order valence-corrected chi connectivity index (χ0v) is 13.3. The van der Waals surface area contributed by atoms with Crippen LogP contribution in [-0.4, -0.2) is 15.9 Å². The zero-order chi connectivity index (χ0) is 13.8. The van der Waals surface area contributed by atoms with Crippen molar-refractivity contribution in [1.82, 2.24) is 15.3 Å². The van der Waals surface area contributed by atoms with Gasteiger partial charge in [-0.2, -0.15) is 0 Å². The highest BCUT2D eigenvalue weighted by molar-refractivity contribution is 9.11. The van der Waals surface area contributed by atoms with Crippen LogP contribution in [0.4, 0.5) is 0 Å². The van der Waals surface area contributed by atoms with E-state index >= 15 is 0 Å². The van der Waals surface area contributed by atoms with Gasteiger partial charge in [0, 0.05) is 15.1 Å². The van der Waals surface area contributed by atoms with E-state index in [0.29, 0.717) is 17.9 Å². The van der Waals surface area contributed by atoms with Crippen molar-refractivity contribution < 1.29 is 4.79 Å². The van der Waals surface area contributed by atoms with Crippen LogP contribution >= 0.6 is 31.9 Å². The van der Waals surface area contributed by atoms with Crippen molar-refractivity contribution >= 4 is 37.8 Å². The van der Waals surface area contributed by atoms with Gasteiger partial charge >= 0.3 is 0 Å². The summed E-state index contributed by atoms with van der Waals surface area (Å²) in [6.45, 7) is 2.19. The topological polar surface area (TPSA) is 54.9 Å². The quantitative estimate of drug-likeness (QED) is 0.883. The third kappa shape index (κ3) is 3.84. The van der Waals surface area contributed by atoms with Gasteiger partial charge in [-0.15, -0.1) is 0 Å². The lowest BCUT2D eigenvalue weighted by molar-refractivity contribution is 0.0949. The second-order valence-corrected chi connectivity index (χ2v) is 5.67. The normalized spacial score (nSPS) is 10.3. The molecule has 2 aromatic rings. The third-order valence-electron chi connectivity index (χ3n) is 2.44. The molecule has 0 aliphatic heterocycles.